The lowest BCUT2D eigenvalue weighted by Crippen LogP contribution is -2.41. The largest absolute Gasteiger partial charge is 0.493 e. The number of benzene rings is 2. The molecule has 1 atom stereocenters. The molecule has 0 aliphatic carbocycles. The molecule has 3 aromatic rings. The van der Waals surface area contributed by atoms with E-state index in [4.69, 9.17) is 4.74 Å². The molecule has 0 radical (unpaired) electrons. The van der Waals surface area contributed by atoms with Crippen molar-refractivity contribution in [1.82, 2.24) is 14.9 Å². The van der Waals surface area contributed by atoms with Crippen LogP contribution in [0.5, 0.6) is 5.75 Å². The van der Waals surface area contributed by atoms with Crippen LogP contribution in [0, 0.1) is 11.7 Å². The number of halogens is 1. The number of likely N-dealkylation sites (tertiary alicyclic amines) is 1. The average molecular weight is 365 g/mol. The first-order chi connectivity index (χ1) is 13.2. The minimum absolute atomic E-state index is 0.00837. The number of aromatic nitrogens is 2. The van der Waals surface area contributed by atoms with Gasteiger partial charge in [0.2, 0.25) is 0 Å². The van der Waals surface area contributed by atoms with Gasteiger partial charge in [-0.05, 0) is 55.3 Å². The molecule has 1 aliphatic heterocycles. The van der Waals surface area contributed by atoms with Gasteiger partial charge in [-0.2, -0.15) is 0 Å². The number of hydrogen-bond donors (Lipinski definition) is 0. The summed E-state index contributed by atoms with van der Waals surface area (Å²) < 4.78 is 18.7. The highest BCUT2D eigenvalue weighted by Gasteiger charge is 2.25. The van der Waals surface area contributed by atoms with E-state index in [9.17, 15) is 9.18 Å². The number of hydrogen-bond acceptors (Lipinski definition) is 4. The van der Waals surface area contributed by atoms with Crippen molar-refractivity contribution < 1.29 is 13.9 Å². The van der Waals surface area contributed by atoms with Crippen molar-refractivity contribution >= 4 is 16.9 Å². The summed E-state index contributed by atoms with van der Waals surface area (Å²) in [4.78, 5) is 23.3. The van der Waals surface area contributed by atoms with E-state index in [-0.39, 0.29) is 17.6 Å². The van der Waals surface area contributed by atoms with Crippen molar-refractivity contribution in [3.63, 3.8) is 0 Å². The van der Waals surface area contributed by atoms with Crippen LogP contribution < -0.4 is 4.74 Å². The molecule has 1 aliphatic rings. The first-order valence-corrected chi connectivity index (χ1v) is 9.07. The standard InChI is InChI=1S/C21H20FN3O2/c22-17-4-6-18(7-5-17)27-14-15-2-1-11-25(13-15)21(26)16-3-8-19-20(12-16)24-10-9-23-19/h3-10,12,15H,1-2,11,13-14H2. The molecule has 1 amide bonds. The number of amides is 1. The predicted octanol–water partition coefficient (Wildman–Crippen LogP) is 3.70. The highest BCUT2D eigenvalue weighted by atomic mass is 19.1. The maximum absolute atomic E-state index is 13.0. The van der Waals surface area contributed by atoms with E-state index in [1.807, 2.05) is 11.0 Å². The second kappa shape index (κ2) is 7.70. The zero-order valence-corrected chi connectivity index (χ0v) is 14.8. The number of rotatable bonds is 4. The molecule has 27 heavy (non-hydrogen) atoms. The summed E-state index contributed by atoms with van der Waals surface area (Å²) >= 11 is 0. The maximum atomic E-state index is 13.0. The second-order valence-corrected chi connectivity index (χ2v) is 6.78. The average Bonchev–Trinajstić information content (AvgIpc) is 2.72. The van der Waals surface area contributed by atoms with E-state index < -0.39 is 0 Å². The van der Waals surface area contributed by atoms with E-state index in [0.29, 0.717) is 24.5 Å². The van der Waals surface area contributed by atoms with Crippen LogP contribution in [0.1, 0.15) is 23.2 Å². The highest BCUT2D eigenvalue weighted by Crippen LogP contribution is 2.21. The first kappa shape index (κ1) is 17.4. The molecule has 4 rings (SSSR count). The van der Waals surface area contributed by atoms with Crippen LogP contribution in [-0.4, -0.2) is 40.5 Å². The van der Waals surface area contributed by atoms with Crippen LogP contribution in [0.4, 0.5) is 4.39 Å². The number of fused-ring (bicyclic) bond motifs is 1. The topological polar surface area (TPSA) is 55.3 Å². The molecular formula is C21H20FN3O2. The minimum Gasteiger partial charge on any atom is -0.493 e. The molecule has 0 spiro atoms. The van der Waals surface area contributed by atoms with Crippen molar-refractivity contribution in [3.05, 3.63) is 66.2 Å². The van der Waals surface area contributed by atoms with Gasteiger partial charge in [-0.25, -0.2) is 4.39 Å². The molecular weight excluding hydrogens is 345 g/mol. The lowest BCUT2D eigenvalue weighted by Gasteiger charge is -2.32. The van der Waals surface area contributed by atoms with Crippen LogP contribution in [0.2, 0.25) is 0 Å². The molecule has 6 heteroatoms. The summed E-state index contributed by atoms with van der Waals surface area (Å²) in [6.07, 6.45) is 5.21. The van der Waals surface area contributed by atoms with E-state index in [2.05, 4.69) is 9.97 Å². The Balaban J connectivity index is 1.40. The molecule has 1 unspecified atom stereocenters. The molecule has 2 heterocycles. The van der Waals surface area contributed by atoms with Gasteiger partial charge >= 0.3 is 0 Å². The van der Waals surface area contributed by atoms with E-state index in [1.54, 1.807) is 36.7 Å². The fraction of sp³-hybridized carbons (Fsp3) is 0.286. The summed E-state index contributed by atoms with van der Waals surface area (Å²) in [6.45, 7) is 1.90. The summed E-state index contributed by atoms with van der Waals surface area (Å²) in [5.41, 5.74) is 2.12. The fourth-order valence-corrected chi connectivity index (χ4v) is 3.41. The van der Waals surface area contributed by atoms with Gasteiger partial charge in [0.15, 0.2) is 0 Å². The van der Waals surface area contributed by atoms with Gasteiger partial charge in [0.25, 0.3) is 5.91 Å². The normalized spacial score (nSPS) is 17.1. The Hall–Kier alpha value is -3.02. The van der Waals surface area contributed by atoms with Gasteiger partial charge in [0.05, 0.1) is 17.6 Å². The third kappa shape index (κ3) is 4.05. The number of carbonyl (C=O) groups is 1. The number of piperidine rings is 1. The van der Waals surface area contributed by atoms with Crippen molar-refractivity contribution in [1.29, 1.82) is 0 Å². The summed E-state index contributed by atoms with van der Waals surface area (Å²) in [7, 11) is 0. The SMILES string of the molecule is O=C(c1ccc2nccnc2c1)N1CCCC(COc2ccc(F)cc2)C1. The van der Waals surface area contributed by atoms with Gasteiger partial charge in [0.1, 0.15) is 11.6 Å². The predicted molar refractivity (Wildman–Crippen MR) is 100 cm³/mol. The smallest absolute Gasteiger partial charge is 0.253 e. The lowest BCUT2D eigenvalue weighted by atomic mass is 9.98. The van der Waals surface area contributed by atoms with Crippen molar-refractivity contribution in [2.24, 2.45) is 5.92 Å². The summed E-state index contributed by atoms with van der Waals surface area (Å²) in [5, 5.41) is 0. The molecule has 1 saturated heterocycles. The van der Waals surface area contributed by atoms with E-state index in [0.717, 1.165) is 30.4 Å². The fourth-order valence-electron chi connectivity index (χ4n) is 3.41. The number of carbonyl (C=O) groups excluding carboxylic acids is 1. The Morgan fingerprint density at radius 3 is 2.70 bits per heavy atom. The lowest BCUT2D eigenvalue weighted by molar-refractivity contribution is 0.0633. The van der Waals surface area contributed by atoms with Crippen molar-refractivity contribution in [3.8, 4) is 5.75 Å². The second-order valence-electron chi connectivity index (χ2n) is 6.78. The summed E-state index contributed by atoms with van der Waals surface area (Å²) in [6, 6.07) is 11.4. The van der Waals surface area contributed by atoms with Gasteiger partial charge in [-0.1, -0.05) is 0 Å². The molecule has 0 N–H and O–H groups in total. The molecule has 1 aromatic heterocycles. The molecule has 5 nitrogen and oxygen atoms in total. The Kier molecular flexibility index (Phi) is 4.96. The zero-order valence-electron chi connectivity index (χ0n) is 14.8. The van der Waals surface area contributed by atoms with Gasteiger partial charge in [-0.3, -0.25) is 14.8 Å². The quantitative estimate of drug-likeness (QED) is 0.707. The Bertz CT molecular complexity index is 946. The Labute approximate surface area is 156 Å². The van der Waals surface area contributed by atoms with E-state index in [1.165, 1.54) is 12.1 Å². The Morgan fingerprint density at radius 1 is 1.11 bits per heavy atom. The van der Waals surface area contributed by atoms with Crippen LogP contribution in [0.25, 0.3) is 11.0 Å². The molecule has 0 bridgehead atoms. The monoisotopic (exact) mass is 365 g/mol. The maximum Gasteiger partial charge on any atom is 0.253 e. The number of ether oxygens (including phenoxy) is 1. The minimum atomic E-state index is -0.281. The van der Waals surface area contributed by atoms with Crippen molar-refractivity contribution in [2.45, 2.75) is 12.8 Å². The van der Waals surface area contributed by atoms with E-state index >= 15 is 0 Å². The van der Waals surface area contributed by atoms with Gasteiger partial charge < -0.3 is 9.64 Å². The van der Waals surface area contributed by atoms with Crippen molar-refractivity contribution in [2.75, 3.05) is 19.7 Å². The third-order valence-electron chi connectivity index (χ3n) is 4.82. The van der Waals surface area contributed by atoms with Gasteiger partial charge in [-0.15, -0.1) is 0 Å². The van der Waals surface area contributed by atoms with Gasteiger partial charge in [0, 0.05) is 37.0 Å². The number of nitrogens with zero attached hydrogens (tertiary/aromatic N) is 3. The third-order valence-corrected chi connectivity index (χ3v) is 4.82. The van der Waals surface area contributed by atoms with Crippen LogP contribution in [-0.2, 0) is 0 Å². The molecule has 0 saturated carbocycles. The Morgan fingerprint density at radius 2 is 1.89 bits per heavy atom. The van der Waals surface area contributed by atoms with Crippen LogP contribution in [0.15, 0.2) is 54.9 Å². The molecule has 1 fully saturated rings. The van der Waals surface area contributed by atoms with Crippen LogP contribution >= 0.6 is 0 Å². The summed E-state index contributed by atoms with van der Waals surface area (Å²) in [5.74, 6) is 0.631. The zero-order chi connectivity index (χ0) is 18.6. The molecule has 138 valence electrons. The van der Waals surface area contributed by atoms with Crippen LogP contribution in [0.3, 0.4) is 0 Å². The first-order valence-electron chi connectivity index (χ1n) is 9.07. The molecule has 2 aromatic carbocycles. The highest BCUT2D eigenvalue weighted by molar-refractivity contribution is 5.97.